The van der Waals surface area contributed by atoms with Crippen LogP contribution in [0.3, 0.4) is 0 Å². The zero-order chi connectivity index (χ0) is 16.6. The predicted molar refractivity (Wildman–Crippen MR) is 76.6 cm³/mol. The second-order valence-corrected chi connectivity index (χ2v) is 5.53. The summed E-state index contributed by atoms with van der Waals surface area (Å²) >= 11 is 0. The molecule has 0 spiro atoms. The summed E-state index contributed by atoms with van der Waals surface area (Å²) in [7, 11) is 0. The van der Waals surface area contributed by atoms with Gasteiger partial charge in [0.1, 0.15) is 23.3 Å². The highest BCUT2D eigenvalue weighted by atomic mass is 19.1. The van der Waals surface area contributed by atoms with Crippen LogP contribution in [0.2, 0.25) is 0 Å². The first-order chi connectivity index (χ1) is 10.9. The van der Waals surface area contributed by atoms with E-state index in [1.54, 1.807) is 0 Å². The Hall–Kier alpha value is -2.31. The molecular weight excluding hydrogens is 306 g/mol. The normalized spacial score (nSPS) is 27.1. The number of hydrogen-bond acceptors (Lipinski definition) is 3. The van der Waals surface area contributed by atoms with E-state index in [1.807, 2.05) is 0 Å². The number of carboxylic acids is 1. The van der Waals surface area contributed by atoms with E-state index in [1.165, 1.54) is 48.5 Å². The molecular formula is C17H14F2O4. The molecule has 3 atom stereocenters. The Labute approximate surface area is 131 Å². The Balaban J connectivity index is 2.04. The number of aliphatic carboxylic acids is 1. The summed E-state index contributed by atoms with van der Waals surface area (Å²) in [6.45, 7) is 0. The molecule has 1 aliphatic heterocycles. The number of aliphatic hydroxyl groups is 1. The topological polar surface area (TPSA) is 66.8 Å². The van der Waals surface area contributed by atoms with E-state index < -0.39 is 35.4 Å². The van der Waals surface area contributed by atoms with Crippen molar-refractivity contribution in [2.75, 3.05) is 0 Å². The fourth-order valence-electron chi connectivity index (χ4n) is 2.86. The second-order valence-electron chi connectivity index (χ2n) is 5.53. The fourth-order valence-corrected chi connectivity index (χ4v) is 2.86. The van der Waals surface area contributed by atoms with Crippen LogP contribution in [0.25, 0.3) is 0 Å². The molecule has 1 fully saturated rings. The van der Waals surface area contributed by atoms with Crippen LogP contribution in [0.15, 0.2) is 48.5 Å². The zero-order valence-electron chi connectivity index (χ0n) is 11.9. The summed E-state index contributed by atoms with van der Waals surface area (Å²) < 4.78 is 31.7. The number of hydrogen-bond donors (Lipinski definition) is 2. The minimum absolute atomic E-state index is 0.185. The molecule has 2 aromatic rings. The van der Waals surface area contributed by atoms with Crippen LogP contribution in [0.5, 0.6) is 0 Å². The standard InChI is InChI=1S/C17H14F2O4/c18-12-5-1-10(2-6-12)15-17(22,9-14(23-15)16(20)21)11-3-7-13(19)8-4-11/h1-8,14-15,22H,9H2,(H,20,21)/t14?,15-,17+/m1/s1. The van der Waals surface area contributed by atoms with E-state index in [0.717, 1.165) is 0 Å². The molecule has 1 saturated heterocycles. The number of ether oxygens (including phenoxy) is 1. The van der Waals surface area contributed by atoms with Crippen LogP contribution in [-0.2, 0) is 15.1 Å². The maximum absolute atomic E-state index is 13.1. The smallest absolute Gasteiger partial charge is 0.332 e. The second kappa shape index (κ2) is 5.72. The van der Waals surface area contributed by atoms with Gasteiger partial charge in [0.25, 0.3) is 0 Å². The van der Waals surface area contributed by atoms with Gasteiger partial charge in [-0.25, -0.2) is 13.6 Å². The Morgan fingerprint density at radius 2 is 1.57 bits per heavy atom. The van der Waals surface area contributed by atoms with Gasteiger partial charge < -0.3 is 14.9 Å². The summed E-state index contributed by atoms with van der Waals surface area (Å²) in [4.78, 5) is 11.2. The molecule has 0 saturated carbocycles. The molecule has 3 rings (SSSR count). The van der Waals surface area contributed by atoms with Crippen LogP contribution in [0.4, 0.5) is 8.78 Å². The van der Waals surface area contributed by atoms with E-state index in [0.29, 0.717) is 11.1 Å². The molecule has 0 aliphatic carbocycles. The van der Waals surface area contributed by atoms with Crippen LogP contribution in [-0.4, -0.2) is 22.3 Å². The van der Waals surface area contributed by atoms with Crippen molar-refractivity contribution >= 4 is 5.97 Å². The molecule has 0 amide bonds. The Morgan fingerprint density at radius 1 is 1.04 bits per heavy atom. The first-order valence-corrected chi connectivity index (χ1v) is 7.02. The van der Waals surface area contributed by atoms with Gasteiger partial charge in [-0.3, -0.25) is 0 Å². The molecule has 23 heavy (non-hydrogen) atoms. The molecule has 0 bridgehead atoms. The quantitative estimate of drug-likeness (QED) is 0.912. The van der Waals surface area contributed by atoms with Crippen LogP contribution in [0, 0.1) is 11.6 Å². The lowest BCUT2D eigenvalue weighted by molar-refractivity contribution is -0.150. The molecule has 4 nitrogen and oxygen atoms in total. The highest BCUT2D eigenvalue weighted by Gasteiger charge is 2.51. The average Bonchev–Trinajstić information content (AvgIpc) is 2.88. The Morgan fingerprint density at radius 3 is 2.09 bits per heavy atom. The van der Waals surface area contributed by atoms with Crippen molar-refractivity contribution in [3.8, 4) is 0 Å². The third kappa shape index (κ3) is 2.83. The monoisotopic (exact) mass is 320 g/mol. The van der Waals surface area contributed by atoms with Gasteiger partial charge >= 0.3 is 5.97 Å². The SMILES string of the molecule is O=C(O)C1C[C@](O)(c2ccc(F)cc2)[C@@H](c2ccc(F)cc2)O1. The summed E-state index contributed by atoms with van der Waals surface area (Å²) in [6.07, 6.45) is -2.38. The number of benzene rings is 2. The molecule has 6 heteroatoms. The molecule has 0 aromatic heterocycles. The van der Waals surface area contributed by atoms with E-state index in [4.69, 9.17) is 4.74 Å². The fraction of sp³-hybridized carbons (Fsp3) is 0.235. The third-order valence-electron chi connectivity index (χ3n) is 4.02. The van der Waals surface area contributed by atoms with Crippen molar-refractivity contribution in [1.29, 1.82) is 0 Å². The van der Waals surface area contributed by atoms with Crippen molar-refractivity contribution in [3.05, 3.63) is 71.3 Å². The first kappa shape index (κ1) is 15.6. The van der Waals surface area contributed by atoms with E-state index in [-0.39, 0.29) is 6.42 Å². The molecule has 2 aromatic carbocycles. The van der Waals surface area contributed by atoms with Crippen LogP contribution >= 0.6 is 0 Å². The van der Waals surface area contributed by atoms with E-state index >= 15 is 0 Å². The van der Waals surface area contributed by atoms with Gasteiger partial charge in [-0.2, -0.15) is 0 Å². The number of carboxylic acid groups (broad SMARTS) is 1. The van der Waals surface area contributed by atoms with Crippen molar-refractivity contribution in [2.45, 2.75) is 24.2 Å². The van der Waals surface area contributed by atoms with Crippen molar-refractivity contribution in [2.24, 2.45) is 0 Å². The van der Waals surface area contributed by atoms with Gasteiger partial charge in [0.2, 0.25) is 0 Å². The Bertz CT molecular complexity index is 714. The van der Waals surface area contributed by atoms with Crippen molar-refractivity contribution in [1.82, 2.24) is 0 Å². The van der Waals surface area contributed by atoms with Gasteiger partial charge in [-0.05, 0) is 35.4 Å². The maximum Gasteiger partial charge on any atom is 0.332 e. The van der Waals surface area contributed by atoms with E-state index in [9.17, 15) is 23.8 Å². The average molecular weight is 320 g/mol. The molecule has 0 radical (unpaired) electrons. The van der Waals surface area contributed by atoms with Gasteiger partial charge in [0, 0.05) is 6.42 Å². The van der Waals surface area contributed by atoms with Crippen molar-refractivity contribution in [3.63, 3.8) is 0 Å². The van der Waals surface area contributed by atoms with Crippen LogP contribution < -0.4 is 0 Å². The summed E-state index contributed by atoms with van der Waals surface area (Å²) in [5.74, 6) is -2.12. The van der Waals surface area contributed by atoms with Gasteiger partial charge in [-0.1, -0.05) is 24.3 Å². The first-order valence-electron chi connectivity index (χ1n) is 7.02. The molecule has 1 aliphatic rings. The van der Waals surface area contributed by atoms with Gasteiger partial charge in [-0.15, -0.1) is 0 Å². The maximum atomic E-state index is 13.1. The third-order valence-corrected chi connectivity index (χ3v) is 4.02. The molecule has 1 unspecified atom stereocenters. The lowest BCUT2D eigenvalue weighted by Gasteiger charge is -2.29. The highest BCUT2D eigenvalue weighted by Crippen LogP contribution is 2.48. The van der Waals surface area contributed by atoms with Gasteiger partial charge in [0.15, 0.2) is 6.10 Å². The van der Waals surface area contributed by atoms with Gasteiger partial charge in [0.05, 0.1) is 0 Å². The van der Waals surface area contributed by atoms with E-state index in [2.05, 4.69) is 0 Å². The lowest BCUT2D eigenvalue weighted by atomic mass is 9.83. The predicted octanol–water partition coefficient (Wildman–Crippen LogP) is 2.77. The minimum Gasteiger partial charge on any atom is -0.479 e. The highest BCUT2D eigenvalue weighted by molar-refractivity contribution is 5.73. The summed E-state index contributed by atoms with van der Waals surface area (Å²) in [5.41, 5.74) is -0.854. The number of carbonyl (C=O) groups is 1. The van der Waals surface area contributed by atoms with Crippen LogP contribution in [0.1, 0.15) is 23.7 Å². The number of halogens is 2. The molecule has 120 valence electrons. The lowest BCUT2D eigenvalue weighted by Crippen LogP contribution is -2.30. The summed E-state index contributed by atoms with van der Waals surface area (Å²) in [6, 6.07) is 10.4. The summed E-state index contributed by atoms with van der Waals surface area (Å²) in [5, 5.41) is 20.2. The molecule has 1 heterocycles. The zero-order valence-corrected chi connectivity index (χ0v) is 11.9. The minimum atomic E-state index is -1.64. The Kier molecular flexibility index (Phi) is 3.87. The molecule has 2 N–H and O–H groups in total. The van der Waals surface area contributed by atoms with Crippen molar-refractivity contribution < 1.29 is 28.5 Å². The largest absolute Gasteiger partial charge is 0.479 e. The number of rotatable bonds is 3.